The fourth-order valence-corrected chi connectivity index (χ4v) is 3.52. The van der Waals surface area contributed by atoms with E-state index in [1.54, 1.807) is 0 Å². The van der Waals surface area contributed by atoms with Gasteiger partial charge in [0.15, 0.2) is 0 Å². The summed E-state index contributed by atoms with van der Waals surface area (Å²) in [5, 5.41) is 0. The molecule has 2 heteroatoms. The molecule has 2 N–H and O–H groups in total. The number of hydrogen-bond donors (Lipinski definition) is 1. The molecule has 1 atom stereocenters. The van der Waals surface area contributed by atoms with Gasteiger partial charge in [0.05, 0.1) is 6.10 Å². The molecule has 1 aromatic rings. The maximum atomic E-state index is 6.52. The molecule has 1 fully saturated rings. The van der Waals surface area contributed by atoms with Crippen molar-refractivity contribution in [2.75, 3.05) is 6.61 Å². The van der Waals surface area contributed by atoms with Gasteiger partial charge in [-0.25, -0.2) is 0 Å². The lowest BCUT2D eigenvalue weighted by molar-refractivity contribution is -0.0282. The third-order valence-corrected chi connectivity index (χ3v) is 4.98. The van der Waals surface area contributed by atoms with Crippen molar-refractivity contribution in [3.05, 3.63) is 33.9 Å². The van der Waals surface area contributed by atoms with Crippen LogP contribution in [0.4, 0.5) is 0 Å². The lowest BCUT2D eigenvalue weighted by atomic mass is 9.76. The molecule has 1 aromatic carbocycles. The smallest absolute Gasteiger partial charge is 0.0580 e. The van der Waals surface area contributed by atoms with Crippen LogP contribution in [0.5, 0.6) is 0 Å². The molecule has 112 valence electrons. The van der Waals surface area contributed by atoms with Gasteiger partial charge in [0.1, 0.15) is 0 Å². The lowest BCUT2D eigenvalue weighted by Gasteiger charge is -2.37. The Hall–Kier alpha value is -0.860. The van der Waals surface area contributed by atoms with Gasteiger partial charge in [0, 0.05) is 12.6 Å². The summed E-state index contributed by atoms with van der Waals surface area (Å²) in [6, 6.07) is 2.44. The van der Waals surface area contributed by atoms with Crippen molar-refractivity contribution >= 4 is 0 Å². The van der Waals surface area contributed by atoms with E-state index in [-0.39, 0.29) is 6.04 Å². The quantitative estimate of drug-likeness (QED) is 0.877. The average Bonchev–Trinajstić information content (AvgIpc) is 2.34. The summed E-state index contributed by atoms with van der Waals surface area (Å²) >= 11 is 0. The van der Waals surface area contributed by atoms with Crippen LogP contribution in [0.3, 0.4) is 0 Å². The molecular weight excluding hydrogens is 246 g/mol. The maximum Gasteiger partial charge on any atom is 0.0580 e. The second-order valence-corrected chi connectivity index (χ2v) is 6.43. The van der Waals surface area contributed by atoms with Crippen molar-refractivity contribution in [1.82, 2.24) is 0 Å². The molecule has 1 aliphatic carbocycles. The van der Waals surface area contributed by atoms with E-state index in [1.165, 1.54) is 40.7 Å². The van der Waals surface area contributed by atoms with Crippen molar-refractivity contribution in [3.8, 4) is 0 Å². The first-order valence-electron chi connectivity index (χ1n) is 7.88. The van der Waals surface area contributed by atoms with E-state index in [1.807, 2.05) is 0 Å². The minimum Gasteiger partial charge on any atom is -0.378 e. The van der Waals surface area contributed by atoms with Gasteiger partial charge >= 0.3 is 0 Å². The number of ether oxygens (including phenoxy) is 1. The Balaban J connectivity index is 2.05. The predicted octanol–water partition coefficient (Wildman–Crippen LogP) is 4.13. The molecule has 0 radical (unpaired) electrons. The highest BCUT2D eigenvalue weighted by Crippen LogP contribution is 2.38. The molecule has 0 aliphatic heterocycles. The Labute approximate surface area is 123 Å². The Morgan fingerprint density at radius 2 is 1.70 bits per heavy atom. The molecule has 0 saturated heterocycles. The summed E-state index contributed by atoms with van der Waals surface area (Å²) in [5.41, 5.74) is 13.4. The van der Waals surface area contributed by atoms with Gasteiger partial charge in [-0.2, -0.15) is 0 Å². The van der Waals surface area contributed by atoms with Crippen LogP contribution in [0.2, 0.25) is 0 Å². The molecule has 0 amide bonds. The number of aryl methyl sites for hydroxylation is 2. The standard InChI is InChI=1S/C18H29NO/c1-6-20-16-8-15(9-16)10-17(19)18-13(4)11(2)7-12(3)14(18)5/h7,15-17H,6,8-10,19H2,1-5H3. The molecule has 0 spiro atoms. The van der Waals surface area contributed by atoms with E-state index in [0.29, 0.717) is 6.10 Å². The van der Waals surface area contributed by atoms with E-state index < -0.39 is 0 Å². The average molecular weight is 275 g/mol. The molecule has 1 aliphatic rings. The highest BCUT2D eigenvalue weighted by molar-refractivity contribution is 5.45. The molecular formula is C18H29NO. The van der Waals surface area contributed by atoms with Crippen LogP contribution in [-0.4, -0.2) is 12.7 Å². The Bertz CT molecular complexity index is 449. The summed E-state index contributed by atoms with van der Waals surface area (Å²) in [4.78, 5) is 0. The van der Waals surface area contributed by atoms with Gasteiger partial charge < -0.3 is 10.5 Å². The molecule has 1 saturated carbocycles. The van der Waals surface area contributed by atoms with Crippen molar-refractivity contribution in [1.29, 1.82) is 0 Å². The molecule has 0 aromatic heterocycles. The Morgan fingerprint density at radius 1 is 1.15 bits per heavy atom. The summed E-state index contributed by atoms with van der Waals surface area (Å²) in [6.07, 6.45) is 3.95. The van der Waals surface area contributed by atoms with Crippen LogP contribution >= 0.6 is 0 Å². The molecule has 2 rings (SSSR count). The fourth-order valence-electron chi connectivity index (χ4n) is 3.52. The molecule has 0 heterocycles. The topological polar surface area (TPSA) is 35.2 Å². The molecule has 1 unspecified atom stereocenters. The predicted molar refractivity (Wildman–Crippen MR) is 85.1 cm³/mol. The van der Waals surface area contributed by atoms with Crippen molar-refractivity contribution in [3.63, 3.8) is 0 Å². The second-order valence-electron chi connectivity index (χ2n) is 6.43. The minimum absolute atomic E-state index is 0.168. The van der Waals surface area contributed by atoms with Gasteiger partial charge in [-0.3, -0.25) is 0 Å². The first kappa shape index (κ1) is 15.5. The van der Waals surface area contributed by atoms with Crippen LogP contribution in [0.25, 0.3) is 0 Å². The zero-order valence-electron chi connectivity index (χ0n) is 13.6. The van der Waals surface area contributed by atoms with Crippen molar-refractivity contribution in [2.45, 2.75) is 66.0 Å². The number of benzene rings is 1. The first-order chi connectivity index (χ1) is 9.43. The molecule has 2 nitrogen and oxygen atoms in total. The summed E-state index contributed by atoms with van der Waals surface area (Å²) in [6.45, 7) is 11.7. The third-order valence-electron chi connectivity index (χ3n) is 4.98. The van der Waals surface area contributed by atoms with Gasteiger partial charge in [-0.1, -0.05) is 6.07 Å². The Morgan fingerprint density at radius 3 is 2.20 bits per heavy atom. The first-order valence-corrected chi connectivity index (χ1v) is 7.88. The monoisotopic (exact) mass is 275 g/mol. The fraction of sp³-hybridized carbons (Fsp3) is 0.667. The van der Waals surface area contributed by atoms with E-state index in [9.17, 15) is 0 Å². The molecule has 0 bridgehead atoms. The van der Waals surface area contributed by atoms with Gasteiger partial charge in [0.25, 0.3) is 0 Å². The van der Waals surface area contributed by atoms with Crippen molar-refractivity contribution in [2.24, 2.45) is 11.7 Å². The van der Waals surface area contributed by atoms with E-state index in [0.717, 1.165) is 18.9 Å². The number of hydrogen-bond acceptors (Lipinski definition) is 2. The van der Waals surface area contributed by atoms with E-state index >= 15 is 0 Å². The third kappa shape index (κ3) is 3.07. The second kappa shape index (κ2) is 6.28. The van der Waals surface area contributed by atoms with Crippen LogP contribution in [-0.2, 0) is 4.74 Å². The van der Waals surface area contributed by atoms with E-state index in [2.05, 4.69) is 40.7 Å². The van der Waals surface area contributed by atoms with Crippen LogP contribution in [0.1, 0.15) is 60.0 Å². The van der Waals surface area contributed by atoms with Gasteiger partial charge in [-0.05, 0) is 87.6 Å². The van der Waals surface area contributed by atoms with Crippen LogP contribution in [0.15, 0.2) is 6.07 Å². The number of nitrogens with two attached hydrogens (primary N) is 1. The highest BCUT2D eigenvalue weighted by Gasteiger charge is 2.31. The van der Waals surface area contributed by atoms with Crippen LogP contribution in [0, 0.1) is 33.6 Å². The summed E-state index contributed by atoms with van der Waals surface area (Å²) in [5.74, 6) is 0.737. The normalized spacial score (nSPS) is 23.5. The van der Waals surface area contributed by atoms with Gasteiger partial charge in [-0.15, -0.1) is 0 Å². The zero-order chi connectivity index (χ0) is 14.9. The maximum absolute atomic E-state index is 6.52. The Kier molecular flexibility index (Phi) is 4.87. The molecule has 20 heavy (non-hydrogen) atoms. The van der Waals surface area contributed by atoms with Crippen LogP contribution < -0.4 is 5.73 Å². The zero-order valence-corrected chi connectivity index (χ0v) is 13.6. The summed E-state index contributed by atoms with van der Waals surface area (Å²) < 4.78 is 5.64. The lowest BCUT2D eigenvalue weighted by Crippen LogP contribution is -2.33. The largest absolute Gasteiger partial charge is 0.378 e. The highest BCUT2D eigenvalue weighted by atomic mass is 16.5. The SMILES string of the molecule is CCOC1CC(CC(N)c2c(C)c(C)cc(C)c2C)C1. The van der Waals surface area contributed by atoms with Gasteiger partial charge in [0.2, 0.25) is 0 Å². The van der Waals surface area contributed by atoms with Crippen molar-refractivity contribution < 1.29 is 4.74 Å². The van der Waals surface area contributed by atoms with E-state index in [4.69, 9.17) is 10.5 Å². The summed E-state index contributed by atoms with van der Waals surface area (Å²) in [7, 11) is 0. The minimum atomic E-state index is 0.168. The number of rotatable bonds is 5.